The van der Waals surface area contributed by atoms with Gasteiger partial charge < -0.3 is 10.5 Å². The quantitative estimate of drug-likeness (QED) is 0.915. The third-order valence-electron chi connectivity index (χ3n) is 2.81. The van der Waals surface area contributed by atoms with Gasteiger partial charge in [-0.25, -0.2) is 4.39 Å². The Hall–Kier alpha value is -1.58. The van der Waals surface area contributed by atoms with Gasteiger partial charge in [0.1, 0.15) is 18.2 Å². The average Bonchev–Trinajstić information content (AvgIpc) is 2.40. The lowest BCUT2D eigenvalue weighted by atomic mass is 10.1. The Morgan fingerprint density at radius 2 is 1.89 bits per heavy atom. The number of ether oxygens (including phenoxy) is 1. The standard InChI is InChI=1S/C15H15ClFNO/c1-10(18)11-2-5-14(6-3-11)19-9-12-8-13(16)4-7-15(12)17/h2-8,10H,9,18H2,1H3/t10-/m1/s1. The van der Waals surface area contributed by atoms with E-state index in [2.05, 4.69) is 0 Å². The first kappa shape index (κ1) is 13.8. The number of hydrogen-bond acceptors (Lipinski definition) is 2. The van der Waals surface area contributed by atoms with Gasteiger partial charge in [-0.3, -0.25) is 0 Å². The van der Waals surface area contributed by atoms with E-state index in [0.29, 0.717) is 16.3 Å². The van der Waals surface area contributed by atoms with Crippen molar-refractivity contribution in [2.24, 2.45) is 5.73 Å². The molecule has 0 radical (unpaired) electrons. The average molecular weight is 280 g/mol. The molecule has 19 heavy (non-hydrogen) atoms. The van der Waals surface area contributed by atoms with Gasteiger partial charge in [-0.2, -0.15) is 0 Å². The van der Waals surface area contributed by atoms with Crippen molar-refractivity contribution in [1.82, 2.24) is 0 Å². The molecule has 0 amide bonds. The molecule has 2 rings (SSSR count). The van der Waals surface area contributed by atoms with E-state index in [1.54, 1.807) is 6.07 Å². The van der Waals surface area contributed by atoms with E-state index in [4.69, 9.17) is 22.1 Å². The van der Waals surface area contributed by atoms with Crippen LogP contribution in [0.3, 0.4) is 0 Å². The van der Waals surface area contributed by atoms with Crippen LogP contribution in [0.1, 0.15) is 24.1 Å². The van der Waals surface area contributed by atoms with E-state index in [0.717, 1.165) is 5.56 Å². The van der Waals surface area contributed by atoms with E-state index in [-0.39, 0.29) is 18.5 Å². The Kier molecular flexibility index (Phi) is 4.40. The first-order chi connectivity index (χ1) is 9.06. The fourth-order valence-electron chi connectivity index (χ4n) is 1.68. The maximum atomic E-state index is 13.5. The fraction of sp³-hybridized carbons (Fsp3) is 0.200. The fourth-order valence-corrected chi connectivity index (χ4v) is 1.88. The van der Waals surface area contributed by atoms with Crippen molar-refractivity contribution in [3.63, 3.8) is 0 Å². The van der Waals surface area contributed by atoms with Crippen LogP contribution in [0, 0.1) is 5.82 Å². The molecular weight excluding hydrogens is 265 g/mol. The normalized spacial score (nSPS) is 12.2. The van der Waals surface area contributed by atoms with Gasteiger partial charge in [0, 0.05) is 16.6 Å². The first-order valence-electron chi connectivity index (χ1n) is 5.98. The number of halogens is 2. The summed E-state index contributed by atoms with van der Waals surface area (Å²) in [6.45, 7) is 2.06. The second kappa shape index (κ2) is 6.04. The van der Waals surface area contributed by atoms with E-state index in [9.17, 15) is 4.39 Å². The molecule has 1 atom stereocenters. The minimum absolute atomic E-state index is 0.0144. The van der Waals surface area contributed by atoms with Crippen LogP contribution in [0.4, 0.5) is 4.39 Å². The Morgan fingerprint density at radius 3 is 2.53 bits per heavy atom. The largest absolute Gasteiger partial charge is 0.489 e. The predicted molar refractivity (Wildman–Crippen MR) is 74.8 cm³/mol. The van der Waals surface area contributed by atoms with Crippen LogP contribution < -0.4 is 10.5 Å². The number of benzene rings is 2. The third-order valence-corrected chi connectivity index (χ3v) is 3.04. The van der Waals surface area contributed by atoms with Gasteiger partial charge in [-0.05, 0) is 42.8 Å². The third kappa shape index (κ3) is 3.69. The van der Waals surface area contributed by atoms with Gasteiger partial charge >= 0.3 is 0 Å². The van der Waals surface area contributed by atoms with Crippen molar-refractivity contribution in [2.75, 3.05) is 0 Å². The van der Waals surface area contributed by atoms with Gasteiger partial charge in [0.2, 0.25) is 0 Å². The van der Waals surface area contributed by atoms with Gasteiger partial charge in [-0.15, -0.1) is 0 Å². The van der Waals surface area contributed by atoms with Crippen LogP contribution in [0.25, 0.3) is 0 Å². The predicted octanol–water partition coefficient (Wildman–Crippen LogP) is 4.08. The molecule has 4 heteroatoms. The lowest BCUT2D eigenvalue weighted by Crippen LogP contribution is -2.04. The van der Waals surface area contributed by atoms with Crippen molar-refractivity contribution >= 4 is 11.6 Å². The molecule has 0 saturated carbocycles. The van der Waals surface area contributed by atoms with E-state index in [1.165, 1.54) is 12.1 Å². The second-order valence-electron chi connectivity index (χ2n) is 4.38. The zero-order valence-corrected chi connectivity index (χ0v) is 11.3. The van der Waals surface area contributed by atoms with E-state index >= 15 is 0 Å². The maximum absolute atomic E-state index is 13.5. The molecule has 0 aliphatic rings. The van der Waals surface area contributed by atoms with Gasteiger partial charge in [0.25, 0.3) is 0 Å². The molecule has 0 heterocycles. The van der Waals surface area contributed by atoms with Crippen LogP contribution >= 0.6 is 11.6 Å². The molecule has 0 bridgehead atoms. The van der Waals surface area contributed by atoms with Crippen LogP contribution in [0.5, 0.6) is 5.75 Å². The molecular formula is C15H15ClFNO. The molecule has 0 unspecified atom stereocenters. The summed E-state index contributed by atoms with van der Waals surface area (Å²) >= 11 is 5.82. The summed E-state index contributed by atoms with van der Waals surface area (Å²) in [5.41, 5.74) is 7.22. The van der Waals surface area contributed by atoms with Gasteiger partial charge in [0.15, 0.2) is 0 Å². The highest BCUT2D eigenvalue weighted by molar-refractivity contribution is 6.30. The van der Waals surface area contributed by atoms with Crippen LogP contribution in [0.15, 0.2) is 42.5 Å². The zero-order valence-electron chi connectivity index (χ0n) is 10.6. The Labute approximate surface area is 117 Å². The second-order valence-corrected chi connectivity index (χ2v) is 4.82. The van der Waals surface area contributed by atoms with Crippen LogP contribution in [-0.4, -0.2) is 0 Å². The van der Waals surface area contributed by atoms with Crippen molar-refractivity contribution in [2.45, 2.75) is 19.6 Å². The lowest BCUT2D eigenvalue weighted by molar-refractivity contribution is 0.300. The molecule has 0 aromatic heterocycles. The zero-order chi connectivity index (χ0) is 13.8. The minimum Gasteiger partial charge on any atom is -0.489 e. The molecule has 0 aliphatic carbocycles. The highest BCUT2D eigenvalue weighted by Crippen LogP contribution is 2.19. The number of hydrogen-bond donors (Lipinski definition) is 1. The monoisotopic (exact) mass is 279 g/mol. The summed E-state index contributed by atoms with van der Waals surface area (Å²) in [7, 11) is 0. The first-order valence-corrected chi connectivity index (χ1v) is 6.36. The van der Waals surface area contributed by atoms with Crippen LogP contribution in [0.2, 0.25) is 5.02 Å². The van der Waals surface area contributed by atoms with Crippen molar-refractivity contribution in [1.29, 1.82) is 0 Å². The summed E-state index contributed by atoms with van der Waals surface area (Å²) in [5, 5.41) is 0.493. The molecule has 2 aromatic rings. The van der Waals surface area contributed by atoms with Crippen LogP contribution in [-0.2, 0) is 6.61 Å². The Morgan fingerprint density at radius 1 is 1.21 bits per heavy atom. The smallest absolute Gasteiger partial charge is 0.129 e. The Balaban J connectivity index is 2.04. The molecule has 0 fully saturated rings. The molecule has 2 nitrogen and oxygen atoms in total. The highest BCUT2D eigenvalue weighted by Gasteiger charge is 2.05. The number of nitrogens with two attached hydrogens (primary N) is 1. The maximum Gasteiger partial charge on any atom is 0.129 e. The number of rotatable bonds is 4. The molecule has 0 saturated heterocycles. The highest BCUT2D eigenvalue weighted by atomic mass is 35.5. The minimum atomic E-state index is -0.323. The molecule has 0 spiro atoms. The molecule has 2 N–H and O–H groups in total. The van der Waals surface area contributed by atoms with Crippen molar-refractivity contribution in [3.8, 4) is 5.75 Å². The summed E-state index contributed by atoms with van der Waals surface area (Å²) in [6.07, 6.45) is 0. The molecule has 100 valence electrons. The summed E-state index contributed by atoms with van der Waals surface area (Å²) < 4.78 is 19.0. The van der Waals surface area contributed by atoms with Crippen molar-refractivity contribution in [3.05, 3.63) is 64.4 Å². The summed E-state index contributed by atoms with van der Waals surface area (Å²) in [4.78, 5) is 0. The van der Waals surface area contributed by atoms with Gasteiger partial charge in [0.05, 0.1) is 0 Å². The van der Waals surface area contributed by atoms with E-state index in [1.807, 2.05) is 31.2 Å². The lowest BCUT2D eigenvalue weighted by Gasteiger charge is -2.09. The molecule has 2 aromatic carbocycles. The SMILES string of the molecule is C[C@@H](N)c1ccc(OCc2cc(Cl)ccc2F)cc1. The summed E-state index contributed by atoms with van der Waals surface area (Å²) in [6, 6.07) is 11.8. The Bertz CT molecular complexity index is 555. The topological polar surface area (TPSA) is 35.2 Å². The van der Waals surface area contributed by atoms with Crippen molar-refractivity contribution < 1.29 is 9.13 Å². The van der Waals surface area contributed by atoms with Gasteiger partial charge in [-0.1, -0.05) is 23.7 Å². The van der Waals surface area contributed by atoms with E-state index < -0.39 is 0 Å². The summed E-state index contributed by atoms with van der Waals surface area (Å²) in [5.74, 6) is 0.348. The molecule has 0 aliphatic heterocycles.